The molecule has 7 heteroatoms. The lowest BCUT2D eigenvalue weighted by Gasteiger charge is -2.09. The van der Waals surface area contributed by atoms with Gasteiger partial charge in [-0.15, -0.1) is 0 Å². The van der Waals surface area contributed by atoms with Crippen molar-refractivity contribution < 1.29 is 9.63 Å². The Morgan fingerprint density at radius 1 is 1.47 bits per heavy atom. The molecule has 0 aliphatic carbocycles. The highest BCUT2D eigenvalue weighted by Gasteiger charge is 2.15. The summed E-state index contributed by atoms with van der Waals surface area (Å²) in [5.74, 6) is 1.23. The first-order chi connectivity index (χ1) is 8.15. The van der Waals surface area contributed by atoms with Crippen molar-refractivity contribution in [1.82, 2.24) is 25.6 Å². The molecule has 0 aliphatic heterocycles. The molecule has 2 N–H and O–H groups in total. The zero-order chi connectivity index (χ0) is 12.3. The average molecular weight is 237 g/mol. The van der Waals surface area contributed by atoms with Gasteiger partial charge < -0.3 is 9.63 Å². The first kappa shape index (κ1) is 11.7. The Bertz CT molecular complexity index is 451. The molecule has 0 spiro atoms. The van der Waals surface area contributed by atoms with E-state index in [0.29, 0.717) is 36.2 Å². The van der Waals surface area contributed by atoms with Gasteiger partial charge >= 0.3 is 0 Å². The van der Waals surface area contributed by atoms with Crippen LogP contribution in [0.3, 0.4) is 0 Å². The lowest BCUT2D eigenvalue weighted by Crippen LogP contribution is -2.13. The highest BCUT2D eigenvalue weighted by Crippen LogP contribution is 2.13. The number of nitrogens with zero attached hydrogens (tertiary/aromatic N) is 4. The molecule has 0 aliphatic rings. The van der Waals surface area contributed by atoms with Gasteiger partial charge in [-0.25, -0.2) is 0 Å². The van der Waals surface area contributed by atoms with E-state index in [1.807, 2.05) is 0 Å². The Morgan fingerprint density at radius 3 is 2.94 bits per heavy atom. The third-order valence-corrected chi connectivity index (χ3v) is 2.27. The number of hydrogen-bond acceptors (Lipinski definition) is 6. The van der Waals surface area contributed by atoms with Crippen LogP contribution < -0.4 is 0 Å². The molecule has 0 saturated carbocycles. The Balaban J connectivity index is 1.99. The highest BCUT2D eigenvalue weighted by atomic mass is 16.5. The molecular formula is C10H15N5O2. The quantitative estimate of drug-likeness (QED) is 0.797. The monoisotopic (exact) mass is 237 g/mol. The molecule has 1 unspecified atom stereocenters. The van der Waals surface area contributed by atoms with Gasteiger partial charge in [0, 0.05) is 0 Å². The third kappa shape index (κ3) is 3.10. The van der Waals surface area contributed by atoms with Gasteiger partial charge in [0.05, 0.1) is 18.7 Å². The van der Waals surface area contributed by atoms with E-state index in [1.165, 1.54) is 6.20 Å². The van der Waals surface area contributed by atoms with Gasteiger partial charge in [-0.1, -0.05) is 19.0 Å². The fraction of sp³-hybridized carbons (Fsp3) is 0.600. The molecule has 0 aromatic carbocycles. The van der Waals surface area contributed by atoms with E-state index >= 15 is 0 Å². The summed E-state index contributed by atoms with van der Waals surface area (Å²) >= 11 is 0. The predicted octanol–water partition coefficient (Wildman–Crippen LogP) is 0.804. The van der Waals surface area contributed by atoms with Crippen molar-refractivity contribution >= 4 is 0 Å². The van der Waals surface area contributed by atoms with Crippen molar-refractivity contribution in [2.45, 2.75) is 32.8 Å². The second-order valence-electron chi connectivity index (χ2n) is 4.35. The van der Waals surface area contributed by atoms with E-state index in [1.54, 1.807) is 0 Å². The zero-order valence-corrected chi connectivity index (χ0v) is 9.79. The molecule has 92 valence electrons. The van der Waals surface area contributed by atoms with Gasteiger partial charge in [0.2, 0.25) is 11.7 Å². The summed E-state index contributed by atoms with van der Waals surface area (Å²) in [5, 5.41) is 23.5. The largest absolute Gasteiger partial charge is 0.393 e. The summed E-state index contributed by atoms with van der Waals surface area (Å²) in [4.78, 5) is 4.14. The molecular weight excluding hydrogens is 222 g/mol. The van der Waals surface area contributed by atoms with E-state index in [9.17, 15) is 5.11 Å². The van der Waals surface area contributed by atoms with Crippen LogP contribution in [0, 0.1) is 5.92 Å². The number of rotatable bonds is 5. The molecule has 0 saturated heterocycles. The molecule has 2 rings (SSSR count). The highest BCUT2D eigenvalue weighted by molar-refractivity contribution is 5.44. The van der Waals surface area contributed by atoms with Crippen LogP contribution in [-0.2, 0) is 6.42 Å². The molecule has 2 aromatic rings. The van der Waals surface area contributed by atoms with Crippen molar-refractivity contribution in [2.75, 3.05) is 0 Å². The van der Waals surface area contributed by atoms with E-state index < -0.39 is 6.10 Å². The fourth-order valence-corrected chi connectivity index (χ4v) is 1.58. The summed E-state index contributed by atoms with van der Waals surface area (Å²) in [6.07, 6.45) is 2.13. The number of hydrogen-bond donors (Lipinski definition) is 2. The van der Waals surface area contributed by atoms with Crippen LogP contribution in [0.2, 0.25) is 0 Å². The van der Waals surface area contributed by atoms with Crippen molar-refractivity contribution in [3.63, 3.8) is 0 Å². The summed E-state index contributed by atoms with van der Waals surface area (Å²) in [7, 11) is 0. The molecule has 2 aromatic heterocycles. The van der Waals surface area contributed by atoms with Crippen LogP contribution >= 0.6 is 0 Å². The smallest absolute Gasteiger partial charge is 0.229 e. The molecule has 7 nitrogen and oxygen atoms in total. The van der Waals surface area contributed by atoms with Gasteiger partial charge in [-0.05, 0) is 12.3 Å². The van der Waals surface area contributed by atoms with Gasteiger partial charge in [-0.2, -0.15) is 20.4 Å². The topological polar surface area (TPSA) is 101 Å². The van der Waals surface area contributed by atoms with Crippen LogP contribution in [-0.4, -0.2) is 36.8 Å². The zero-order valence-electron chi connectivity index (χ0n) is 9.79. The molecule has 0 radical (unpaired) electrons. The Hall–Kier alpha value is -1.76. The summed E-state index contributed by atoms with van der Waals surface area (Å²) < 4.78 is 5.04. The molecule has 17 heavy (non-hydrogen) atoms. The minimum Gasteiger partial charge on any atom is -0.393 e. The van der Waals surface area contributed by atoms with Crippen LogP contribution in [0.1, 0.15) is 26.2 Å². The normalized spacial score (nSPS) is 13.2. The Morgan fingerprint density at radius 2 is 2.29 bits per heavy atom. The summed E-state index contributed by atoms with van der Waals surface area (Å²) in [5.41, 5.74) is 0.526. The van der Waals surface area contributed by atoms with E-state index in [0.717, 1.165) is 0 Å². The standard InChI is InChI=1S/C10H15N5O2/c1-6(2)3-7(16)4-9-12-10(14-17-9)8-5-11-15-13-8/h5-7,16H,3-4H2,1-2H3,(H,11,13,15). The maximum Gasteiger partial charge on any atom is 0.229 e. The second-order valence-corrected chi connectivity index (χ2v) is 4.35. The lowest BCUT2D eigenvalue weighted by molar-refractivity contribution is 0.138. The molecule has 0 fully saturated rings. The van der Waals surface area contributed by atoms with E-state index in [-0.39, 0.29) is 0 Å². The number of aliphatic hydroxyl groups excluding tert-OH is 1. The van der Waals surface area contributed by atoms with Crippen LogP contribution in [0.4, 0.5) is 0 Å². The summed E-state index contributed by atoms with van der Waals surface area (Å²) in [6, 6.07) is 0. The van der Waals surface area contributed by atoms with Crippen molar-refractivity contribution in [1.29, 1.82) is 0 Å². The number of aliphatic hydroxyl groups is 1. The second kappa shape index (κ2) is 5.05. The fourth-order valence-electron chi connectivity index (χ4n) is 1.58. The minimum atomic E-state index is -0.458. The van der Waals surface area contributed by atoms with Crippen LogP contribution in [0.15, 0.2) is 10.7 Å². The van der Waals surface area contributed by atoms with Crippen molar-refractivity contribution in [3.05, 3.63) is 12.1 Å². The molecule has 2 heterocycles. The predicted molar refractivity (Wildman–Crippen MR) is 58.8 cm³/mol. The maximum absolute atomic E-state index is 9.75. The summed E-state index contributed by atoms with van der Waals surface area (Å²) in [6.45, 7) is 4.11. The van der Waals surface area contributed by atoms with Gasteiger partial charge in [0.1, 0.15) is 0 Å². The number of nitrogens with one attached hydrogen (secondary N) is 1. The van der Waals surface area contributed by atoms with Crippen molar-refractivity contribution in [2.24, 2.45) is 5.92 Å². The first-order valence-electron chi connectivity index (χ1n) is 5.52. The molecule has 0 amide bonds. The van der Waals surface area contributed by atoms with Crippen LogP contribution in [0.25, 0.3) is 11.5 Å². The molecule has 1 atom stereocenters. The lowest BCUT2D eigenvalue weighted by atomic mass is 10.0. The average Bonchev–Trinajstić information content (AvgIpc) is 2.84. The first-order valence-corrected chi connectivity index (χ1v) is 5.52. The van der Waals surface area contributed by atoms with Gasteiger partial charge in [0.25, 0.3) is 0 Å². The minimum absolute atomic E-state index is 0.364. The Labute approximate surface area is 98.2 Å². The maximum atomic E-state index is 9.75. The SMILES string of the molecule is CC(C)CC(O)Cc1nc(-c2cn[nH]n2)no1. The van der Waals surface area contributed by atoms with E-state index in [2.05, 4.69) is 39.4 Å². The van der Waals surface area contributed by atoms with E-state index in [4.69, 9.17) is 4.52 Å². The Kier molecular flexibility index (Phi) is 3.48. The van der Waals surface area contributed by atoms with Crippen molar-refractivity contribution in [3.8, 4) is 11.5 Å². The number of aromatic nitrogens is 5. The van der Waals surface area contributed by atoms with Crippen LogP contribution in [0.5, 0.6) is 0 Å². The number of aromatic amines is 1. The van der Waals surface area contributed by atoms with Gasteiger partial charge in [-0.3, -0.25) is 0 Å². The number of H-pyrrole nitrogens is 1. The third-order valence-electron chi connectivity index (χ3n) is 2.27. The molecule has 0 bridgehead atoms. The van der Waals surface area contributed by atoms with Gasteiger partial charge in [0.15, 0.2) is 5.69 Å².